The number of nitrogens with zero attached hydrogens (tertiary/aromatic N) is 2. The standard InChI is InChI=1S/C12H14FIN4O/c1-18-12(10(19-2)6-16-18)11(17-15)8-4-3-7(13)5-9(8)14/h3-6,11,17H,15H2,1-2H3. The van der Waals surface area contributed by atoms with Crippen molar-refractivity contribution in [1.29, 1.82) is 0 Å². The Kier molecular flexibility index (Phi) is 4.38. The number of hydrazine groups is 1. The molecule has 2 aromatic rings. The molecule has 0 bridgehead atoms. The van der Waals surface area contributed by atoms with Gasteiger partial charge in [-0.05, 0) is 40.3 Å². The van der Waals surface area contributed by atoms with Gasteiger partial charge in [0.05, 0.1) is 19.3 Å². The van der Waals surface area contributed by atoms with Gasteiger partial charge in [-0.3, -0.25) is 10.5 Å². The van der Waals surface area contributed by atoms with Crippen molar-refractivity contribution in [2.75, 3.05) is 7.11 Å². The van der Waals surface area contributed by atoms with Crippen molar-refractivity contribution in [3.63, 3.8) is 0 Å². The first-order valence-corrected chi connectivity index (χ1v) is 6.63. The zero-order valence-corrected chi connectivity index (χ0v) is 12.7. The van der Waals surface area contributed by atoms with Crippen molar-refractivity contribution in [3.05, 3.63) is 45.0 Å². The highest BCUT2D eigenvalue weighted by Crippen LogP contribution is 2.31. The zero-order chi connectivity index (χ0) is 14.0. The minimum absolute atomic E-state index is 0.277. The number of benzene rings is 1. The number of hydrogen-bond donors (Lipinski definition) is 2. The lowest BCUT2D eigenvalue weighted by Gasteiger charge is -2.19. The fraction of sp³-hybridized carbons (Fsp3) is 0.250. The maximum absolute atomic E-state index is 13.2. The van der Waals surface area contributed by atoms with Gasteiger partial charge >= 0.3 is 0 Å². The lowest BCUT2D eigenvalue weighted by molar-refractivity contribution is 0.401. The maximum Gasteiger partial charge on any atom is 0.161 e. The second-order valence-corrected chi connectivity index (χ2v) is 5.15. The van der Waals surface area contributed by atoms with E-state index in [9.17, 15) is 4.39 Å². The molecule has 5 nitrogen and oxygen atoms in total. The summed E-state index contributed by atoms with van der Waals surface area (Å²) in [6.07, 6.45) is 1.62. The summed E-state index contributed by atoms with van der Waals surface area (Å²) in [5.41, 5.74) is 4.38. The first kappa shape index (κ1) is 14.2. The van der Waals surface area contributed by atoms with Crippen LogP contribution in [0.2, 0.25) is 0 Å². The van der Waals surface area contributed by atoms with E-state index >= 15 is 0 Å². The average Bonchev–Trinajstić information content (AvgIpc) is 2.74. The quantitative estimate of drug-likeness (QED) is 0.485. The molecule has 0 radical (unpaired) electrons. The van der Waals surface area contributed by atoms with Crippen molar-refractivity contribution in [2.24, 2.45) is 12.9 Å². The van der Waals surface area contributed by atoms with E-state index < -0.39 is 0 Å². The summed E-state index contributed by atoms with van der Waals surface area (Å²) in [7, 11) is 3.38. The number of hydrogen-bond acceptors (Lipinski definition) is 4. The van der Waals surface area contributed by atoms with Crippen LogP contribution in [-0.4, -0.2) is 16.9 Å². The maximum atomic E-state index is 13.2. The van der Waals surface area contributed by atoms with Crippen LogP contribution in [0.15, 0.2) is 24.4 Å². The van der Waals surface area contributed by atoms with Crippen LogP contribution < -0.4 is 16.0 Å². The van der Waals surface area contributed by atoms with Gasteiger partial charge in [0, 0.05) is 10.6 Å². The third kappa shape index (κ3) is 2.72. The molecule has 0 aliphatic heterocycles. The number of nitrogens with two attached hydrogens (primary N) is 1. The molecule has 0 saturated carbocycles. The van der Waals surface area contributed by atoms with E-state index in [1.165, 1.54) is 12.1 Å². The van der Waals surface area contributed by atoms with Crippen LogP contribution in [0.1, 0.15) is 17.3 Å². The number of aromatic nitrogens is 2. The summed E-state index contributed by atoms with van der Waals surface area (Å²) in [5.74, 6) is 6.00. The molecule has 0 fully saturated rings. The van der Waals surface area contributed by atoms with Gasteiger partial charge < -0.3 is 4.74 Å². The number of ether oxygens (including phenoxy) is 1. The summed E-state index contributed by atoms with van der Waals surface area (Å²) in [6.45, 7) is 0. The van der Waals surface area contributed by atoms with E-state index in [1.54, 1.807) is 31.1 Å². The van der Waals surface area contributed by atoms with Gasteiger partial charge in [0.15, 0.2) is 5.75 Å². The minimum atomic E-state index is -0.324. The number of methoxy groups -OCH3 is 1. The number of halogens is 2. The highest BCUT2D eigenvalue weighted by molar-refractivity contribution is 14.1. The molecule has 0 aliphatic carbocycles. The largest absolute Gasteiger partial charge is 0.493 e. The normalized spacial score (nSPS) is 12.5. The van der Waals surface area contributed by atoms with Gasteiger partial charge in [-0.1, -0.05) is 6.07 Å². The summed E-state index contributed by atoms with van der Waals surface area (Å²) >= 11 is 2.08. The van der Waals surface area contributed by atoms with Crippen molar-refractivity contribution in [1.82, 2.24) is 15.2 Å². The van der Waals surface area contributed by atoms with Gasteiger partial charge in [-0.2, -0.15) is 5.10 Å². The summed E-state index contributed by atoms with van der Waals surface area (Å²) in [4.78, 5) is 0. The molecule has 102 valence electrons. The highest BCUT2D eigenvalue weighted by Gasteiger charge is 2.23. The monoisotopic (exact) mass is 376 g/mol. The molecule has 0 saturated heterocycles. The smallest absolute Gasteiger partial charge is 0.161 e. The molecule has 0 spiro atoms. The predicted molar refractivity (Wildman–Crippen MR) is 78.0 cm³/mol. The van der Waals surface area contributed by atoms with Crippen molar-refractivity contribution in [2.45, 2.75) is 6.04 Å². The first-order chi connectivity index (χ1) is 9.08. The molecule has 0 aliphatic rings. The Morgan fingerprint density at radius 1 is 1.53 bits per heavy atom. The molecule has 1 heterocycles. The van der Waals surface area contributed by atoms with Crippen molar-refractivity contribution in [3.8, 4) is 5.75 Å². The Bertz CT molecular complexity index is 587. The van der Waals surface area contributed by atoms with Crippen LogP contribution in [0, 0.1) is 9.39 Å². The Hall–Kier alpha value is -1.19. The highest BCUT2D eigenvalue weighted by atomic mass is 127. The lowest BCUT2D eigenvalue weighted by atomic mass is 10.0. The number of nitrogens with one attached hydrogen (secondary N) is 1. The summed E-state index contributed by atoms with van der Waals surface area (Å²) in [6, 6.07) is 4.25. The number of aryl methyl sites for hydroxylation is 1. The third-order valence-electron chi connectivity index (χ3n) is 2.88. The Balaban J connectivity index is 2.52. The van der Waals surface area contributed by atoms with Crippen LogP contribution in [0.4, 0.5) is 4.39 Å². The van der Waals surface area contributed by atoms with Crippen LogP contribution >= 0.6 is 22.6 Å². The van der Waals surface area contributed by atoms with Crippen LogP contribution in [0.5, 0.6) is 5.75 Å². The molecular formula is C12H14FIN4O. The zero-order valence-electron chi connectivity index (χ0n) is 10.5. The Morgan fingerprint density at radius 3 is 2.84 bits per heavy atom. The Labute approximate surface area is 124 Å². The van der Waals surface area contributed by atoms with Gasteiger partial charge in [-0.25, -0.2) is 9.82 Å². The van der Waals surface area contributed by atoms with E-state index in [1.807, 2.05) is 0 Å². The molecule has 2 rings (SSSR count). The molecule has 19 heavy (non-hydrogen) atoms. The van der Waals surface area contributed by atoms with Gasteiger partial charge in [0.2, 0.25) is 0 Å². The minimum Gasteiger partial charge on any atom is -0.493 e. The van der Waals surface area contributed by atoms with Crippen LogP contribution in [-0.2, 0) is 7.05 Å². The van der Waals surface area contributed by atoms with E-state index in [0.717, 1.165) is 14.8 Å². The average molecular weight is 376 g/mol. The SMILES string of the molecule is COc1cnn(C)c1C(NN)c1ccc(F)cc1I. The molecule has 1 unspecified atom stereocenters. The molecule has 1 aromatic heterocycles. The van der Waals surface area contributed by atoms with Gasteiger partial charge in [-0.15, -0.1) is 0 Å². The predicted octanol–water partition coefficient (Wildman–Crippen LogP) is 1.73. The first-order valence-electron chi connectivity index (χ1n) is 5.55. The number of rotatable bonds is 4. The van der Waals surface area contributed by atoms with E-state index in [2.05, 4.69) is 33.1 Å². The van der Waals surface area contributed by atoms with E-state index in [-0.39, 0.29) is 11.9 Å². The topological polar surface area (TPSA) is 65.1 Å². The second kappa shape index (κ2) is 5.85. The van der Waals surface area contributed by atoms with E-state index in [0.29, 0.717) is 5.75 Å². The van der Waals surface area contributed by atoms with Gasteiger partial charge in [0.25, 0.3) is 0 Å². The van der Waals surface area contributed by atoms with Gasteiger partial charge in [0.1, 0.15) is 11.5 Å². The molecule has 7 heteroatoms. The summed E-state index contributed by atoms with van der Waals surface area (Å²) in [5, 5.41) is 4.15. The van der Waals surface area contributed by atoms with Crippen molar-refractivity contribution >= 4 is 22.6 Å². The molecule has 1 atom stereocenters. The fourth-order valence-corrected chi connectivity index (χ4v) is 2.75. The summed E-state index contributed by atoms with van der Waals surface area (Å²) < 4.78 is 20.9. The molecule has 1 aromatic carbocycles. The molecular weight excluding hydrogens is 362 g/mol. The van der Waals surface area contributed by atoms with Crippen LogP contribution in [0.25, 0.3) is 0 Å². The second-order valence-electron chi connectivity index (χ2n) is 3.99. The molecule has 0 amide bonds. The third-order valence-corrected chi connectivity index (χ3v) is 3.82. The van der Waals surface area contributed by atoms with E-state index in [4.69, 9.17) is 10.6 Å². The molecule has 3 N–H and O–H groups in total. The lowest BCUT2D eigenvalue weighted by Crippen LogP contribution is -2.31. The fourth-order valence-electron chi connectivity index (χ4n) is 1.96. The Morgan fingerprint density at radius 2 is 2.26 bits per heavy atom. The van der Waals surface area contributed by atoms with Crippen LogP contribution in [0.3, 0.4) is 0 Å². The van der Waals surface area contributed by atoms with Crippen molar-refractivity contribution < 1.29 is 9.13 Å².